The van der Waals surface area contributed by atoms with Gasteiger partial charge in [-0.3, -0.25) is 4.98 Å². The van der Waals surface area contributed by atoms with E-state index in [1.54, 1.807) is 0 Å². The van der Waals surface area contributed by atoms with Crippen molar-refractivity contribution >= 4 is 16.9 Å². The molecule has 142 valence electrons. The first-order valence-electron chi connectivity index (χ1n) is 8.95. The van der Waals surface area contributed by atoms with Crippen LogP contribution in [0.2, 0.25) is 0 Å². The van der Waals surface area contributed by atoms with E-state index in [2.05, 4.69) is 25.6 Å². The van der Waals surface area contributed by atoms with Crippen molar-refractivity contribution < 1.29 is 13.2 Å². The van der Waals surface area contributed by atoms with Gasteiger partial charge in [0, 0.05) is 24.3 Å². The average Bonchev–Trinajstić information content (AvgIpc) is 3.10. The fourth-order valence-electron chi connectivity index (χ4n) is 3.48. The Hall–Kier alpha value is -2.61. The van der Waals surface area contributed by atoms with Crippen molar-refractivity contribution in [1.82, 2.24) is 20.3 Å². The van der Waals surface area contributed by atoms with E-state index < -0.39 is 11.9 Å². The molecule has 3 aromatic heterocycles. The first-order chi connectivity index (χ1) is 13.0. The number of hydrogen-bond donors (Lipinski definition) is 3. The minimum absolute atomic E-state index is 0.353. The fourth-order valence-corrected chi connectivity index (χ4v) is 3.48. The van der Waals surface area contributed by atoms with Crippen LogP contribution in [0.4, 0.5) is 19.0 Å². The molecular weight excluding hydrogens is 355 g/mol. The molecule has 8 heteroatoms. The molecule has 0 unspecified atom stereocenters. The Bertz CT molecular complexity index is 911. The molecule has 4 rings (SSSR count). The number of nitrogens with zero attached hydrogens (tertiary/aromatic N) is 2. The topological polar surface area (TPSA) is 65.6 Å². The van der Waals surface area contributed by atoms with Crippen LogP contribution in [0.25, 0.3) is 11.0 Å². The van der Waals surface area contributed by atoms with E-state index in [-0.39, 0.29) is 0 Å². The average molecular weight is 375 g/mol. The minimum Gasteiger partial charge on any atom is -0.366 e. The van der Waals surface area contributed by atoms with Crippen molar-refractivity contribution in [1.29, 1.82) is 0 Å². The second-order valence-electron chi connectivity index (χ2n) is 6.76. The Kier molecular flexibility index (Phi) is 4.73. The van der Waals surface area contributed by atoms with Gasteiger partial charge in [0.05, 0.1) is 0 Å². The summed E-state index contributed by atoms with van der Waals surface area (Å²) in [6.07, 6.45) is 1.09. The van der Waals surface area contributed by atoms with E-state index in [1.165, 1.54) is 17.8 Å². The summed E-state index contributed by atoms with van der Waals surface area (Å²) in [4.78, 5) is 11.3. The Morgan fingerprint density at radius 1 is 1.11 bits per heavy atom. The molecule has 1 aliphatic heterocycles. The fraction of sp³-hybridized carbons (Fsp3) is 0.368. The highest BCUT2D eigenvalue weighted by Crippen LogP contribution is 2.31. The lowest BCUT2D eigenvalue weighted by Gasteiger charge is -2.22. The predicted octanol–water partition coefficient (Wildman–Crippen LogP) is 4.06. The van der Waals surface area contributed by atoms with E-state index in [0.29, 0.717) is 23.8 Å². The van der Waals surface area contributed by atoms with Gasteiger partial charge in [-0.05, 0) is 61.2 Å². The Morgan fingerprint density at radius 3 is 2.63 bits per heavy atom. The van der Waals surface area contributed by atoms with Crippen LogP contribution in [0.5, 0.6) is 0 Å². The number of pyridine rings is 2. The summed E-state index contributed by atoms with van der Waals surface area (Å²) in [6, 6.07) is 6.36. The van der Waals surface area contributed by atoms with Crippen LogP contribution in [0, 0.1) is 0 Å². The lowest BCUT2D eigenvalue weighted by atomic mass is 9.90. The minimum atomic E-state index is -4.42. The number of alkyl halides is 3. The van der Waals surface area contributed by atoms with Crippen LogP contribution in [-0.4, -0.2) is 28.0 Å². The third-order valence-electron chi connectivity index (χ3n) is 4.94. The number of nitrogens with one attached hydrogen (secondary N) is 3. The van der Waals surface area contributed by atoms with Gasteiger partial charge in [-0.2, -0.15) is 13.2 Å². The molecule has 3 aromatic rings. The summed E-state index contributed by atoms with van der Waals surface area (Å²) in [6.45, 7) is 2.42. The number of anilines is 1. The molecule has 0 amide bonds. The first-order valence-corrected chi connectivity index (χ1v) is 8.95. The molecule has 1 fully saturated rings. The van der Waals surface area contributed by atoms with Crippen molar-refractivity contribution in [3.63, 3.8) is 0 Å². The highest BCUT2D eigenvalue weighted by molar-refractivity contribution is 5.82. The van der Waals surface area contributed by atoms with Crippen LogP contribution < -0.4 is 10.6 Å². The van der Waals surface area contributed by atoms with Gasteiger partial charge in [0.25, 0.3) is 0 Å². The zero-order valence-corrected chi connectivity index (χ0v) is 14.6. The molecule has 0 spiro atoms. The van der Waals surface area contributed by atoms with Gasteiger partial charge in [0.1, 0.15) is 17.2 Å². The molecule has 0 aromatic carbocycles. The second-order valence-corrected chi connectivity index (χ2v) is 6.76. The van der Waals surface area contributed by atoms with E-state index >= 15 is 0 Å². The smallest absolute Gasteiger partial charge is 0.366 e. The molecule has 0 atom stereocenters. The number of halogens is 3. The second kappa shape index (κ2) is 7.19. The van der Waals surface area contributed by atoms with Gasteiger partial charge < -0.3 is 15.6 Å². The van der Waals surface area contributed by atoms with Gasteiger partial charge in [0.15, 0.2) is 0 Å². The third kappa shape index (κ3) is 3.90. The SMILES string of the molecule is FC(F)(F)c1ccc(CNc2ccc3c(C4CCNCC4)c[nH]c3n2)cn1. The predicted molar refractivity (Wildman–Crippen MR) is 97.5 cm³/mol. The molecule has 1 aliphatic rings. The van der Waals surface area contributed by atoms with E-state index in [1.807, 2.05) is 18.3 Å². The summed E-state index contributed by atoms with van der Waals surface area (Å²) < 4.78 is 37.7. The number of aromatic amines is 1. The zero-order chi connectivity index (χ0) is 18.9. The molecule has 3 N–H and O–H groups in total. The summed E-state index contributed by atoms with van der Waals surface area (Å²) in [5.74, 6) is 1.21. The van der Waals surface area contributed by atoms with Gasteiger partial charge in [-0.25, -0.2) is 4.98 Å². The van der Waals surface area contributed by atoms with Crippen LogP contribution in [0.1, 0.15) is 35.6 Å². The van der Waals surface area contributed by atoms with Crippen molar-refractivity contribution in [2.45, 2.75) is 31.5 Å². The number of piperidine rings is 1. The van der Waals surface area contributed by atoms with E-state index in [4.69, 9.17) is 0 Å². The highest BCUT2D eigenvalue weighted by atomic mass is 19.4. The summed E-state index contributed by atoms with van der Waals surface area (Å²) in [7, 11) is 0. The quantitative estimate of drug-likeness (QED) is 0.644. The molecule has 0 bridgehead atoms. The summed E-state index contributed by atoms with van der Waals surface area (Å²) in [5.41, 5.74) is 1.89. The maximum absolute atomic E-state index is 12.6. The van der Waals surface area contributed by atoms with E-state index in [0.717, 1.165) is 43.0 Å². The lowest BCUT2D eigenvalue weighted by molar-refractivity contribution is -0.141. The van der Waals surface area contributed by atoms with Gasteiger partial charge >= 0.3 is 6.18 Å². The Morgan fingerprint density at radius 2 is 1.93 bits per heavy atom. The lowest BCUT2D eigenvalue weighted by Crippen LogP contribution is -2.26. The molecular formula is C19H20F3N5. The molecule has 27 heavy (non-hydrogen) atoms. The first kappa shape index (κ1) is 17.8. The van der Waals surface area contributed by atoms with Crippen molar-refractivity contribution in [3.05, 3.63) is 53.5 Å². The molecule has 0 radical (unpaired) electrons. The van der Waals surface area contributed by atoms with Crippen LogP contribution in [0.3, 0.4) is 0 Å². The highest BCUT2D eigenvalue weighted by Gasteiger charge is 2.31. The number of H-pyrrole nitrogens is 1. The zero-order valence-electron chi connectivity index (χ0n) is 14.6. The van der Waals surface area contributed by atoms with Crippen molar-refractivity contribution in [3.8, 4) is 0 Å². The monoisotopic (exact) mass is 375 g/mol. The summed E-state index contributed by atoms with van der Waals surface area (Å²) in [5, 5.41) is 7.64. The Balaban J connectivity index is 1.45. The normalized spacial score (nSPS) is 16.0. The maximum Gasteiger partial charge on any atom is 0.433 e. The molecule has 0 saturated carbocycles. The number of fused-ring (bicyclic) bond motifs is 1. The number of hydrogen-bond acceptors (Lipinski definition) is 4. The molecule has 4 heterocycles. The third-order valence-corrected chi connectivity index (χ3v) is 4.94. The standard InChI is InChI=1S/C19H20F3N5/c20-19(21,22)16-3-1-12(9-24-16)10-25-17-4-2-14-15(11-26-18(14)27-17)13-5-7-23-8-6-13/h1-4,9,11,13,23H,5-8,10H2,(H2,25,26,27). The van der Waals surface area contributed by atoms with Crippen LogP contribution in [-0.2, 0) is 12.7 Å². The van der Waals surface area contributed by atoms with Gasteiger partial charge in [0.2, 0.25) is 0 Å². The van der Waals surface area contributed by atoms with Gasteiger partial charge in [-0.15, -0.1) is 0 Å². The van der Waals surface area contributed by atoms with Gasteiger partial charge in [-0.1, -0.05) is 6.07 Å². The maximum atomic E-state index is 12.6. The largest absolute Gasteiger partial charge is 0.433 e. The Labute approximate surface area is 154 Å². The van der Waals surface area contributed by atoms with Crippen molar-refractivity contribution in [2.24, 2.45) is 0 Å². The summed E-state index contributed by atoms with van der Waals surface area (Å²) >= 11 is 0. The molecule has 0 aliphatic carbocycles. The molecule has 1 saturated heterocycles. The van der Waals surface area contributed by atoms with Crippen molar-refractivity contribution in [2.75, 3.05) is 18.4 Å². The number of rotatable bonds is 4. The van der Waals surface area contributed by atoms with Crippen LogP contribution >= 0.6 is 0 Å². The van der Waals surface area contributed by atoms with E-state index in [9.17, 15) is 13.2 Å². The molecule has 5 nitrogen and oxygen atoms in total. The number of aromatic nitrogens is 3. The van der Waals surface area contributed by atoms with Crippen LogP contribution in [0.15, 0.2) is 36.7 Å².